The van der Waals surface area contributed by atoms with E-state index in [1.165, 1.54) is 24.0 Å². The molecule has 0 aliphatic heterocycles. The van der Waals surface area contributed by atoms with Crippen LogP contribution in [0.3, 0.4) is 0 Å². The molecule has 0 radical (unpaired) electrons. The van der Waals surface area contributed by atoms with Gasteiger partial charge >= 0.3 is 0 Å². The van der Waals surface area contributed by atoms with Gasteiger partial charge < -0.3 is 0 Å². The lowest BCUT2D eigenvalue weighted by Gasteiger charge is -2.05. The maximum Gasteiger partial charge on any atom is 0.0193 e. The quantitative estimate of drug-likeness (QED) is 0.530. The summed E-state index contributed by atoms with van der Waals surface area (Å²) in [6.07, 6.45) is 2.43. The molecule has 0 saturated heterocycles. The Bertz CT molecular complexity index is 296. The van der Waals surface area contributed by atoms with E-state index in [9.17, 15) is 0 Å². The molecule has 1 aromatic carbocycles. The van der Waals surface area contributed by atoms with Gasteiger partial charge in [-0.15, -0.1) is 0 Å². The first kappa shape index (κ1) is 11.4. The van der Waals surface area contributed by atoms with Crippen molar-refractivity contribution in [2.24, 2.45) is 5.92 Å². The van der Waals surface area contributed by atoms with E-state index in [2.05, 4.69) is 38.1 Å². The molecule has 76 valence electrons. The third-order valence-electron chi connectivity index (χ3n) is 2.37. The molecule has 1 heteroatoms. The molecule has 0 bridgehead atoms. The molecule has 0 spiro atoms. The van der Waals surface area contributed by atoms with Crippen LogP contribution in [0.15, 0.2) is 24.3 Å². The van der Waals surface area contributed by atoms with Gasteiger partial charge in [-0.05, 0) is 36.8 Å². The first-order chi connectivity index (χ1) is 6.59. The summed E-state index contributed by atoms with van der Waals surface area (Å²) in [7, 11) is 0. The lowest BCUT2D eigenvalue weighted by Crippen LogP contribution is -1.94. The lowest BCUT2D eigenvalue weighted by molar-refractivity contribution is 0.587. The monoisotopic (exact) mass is 206 g/mol. The zero-order chi connectivity index (χ0) is 10.6. The highest BCUT2D eigenvalue weighted by Gasteiger charge is 1.98. The van der Waals surface area contributed by atoms with Crippen molar-refractivity contribution in [3.8, 4) is 0 Å². The molecule has 14 heavy (non-hydrogen) atoms. The molecule has 0 unspecified atom stereocenters. The molecule has 1 rings (SSSR count). The first-order valence-electron chi connectivity index (χ1n) is 5.19. The smallest absolute Gasteiger partial charge is 0.0193 e. The van der Waals surface area contributed by atoms with E-state index in [4.69, 9.17) is 12.2 Å². The van der Waals surface area contributed by atoms with Crippen LogP contribution in [-0.4, -0.2) is 4.86 Å². The number of rotatable bonds is 4. The van der Waals surface area contributed by atoms with Crippen LogP contribution in [0.2, 0.25) is 0 Å². The Hall–Kier alpha value is -0.690. The Morgan fingerprint density at radius 2 is 1.79 bits per heavy atom. The minimum Gasteiger partial charge on any atom is -0.0846 e. The highest BCUT2D eigenvalue weighted by molar-refractivity contribution is 7.80. The van der Waals surface area contributed by atoms with E-state index >= 15 is 0 Å². The fourth-order valence-electron chi connectivity index (χ4n) is 1.36. The van der Waals surface area contributed by atoms with Crippen molar-refractivity contribution in [3.63, 3.8) is 0 Å². The Morgan fingerprint density at radius 3 is 2.21 bits per heavy atom. The maximum absolute atomic E-state index is 5.11. The average molecular weight is 206 g/mol. The van der Waals surface area contributed by atoms with Crippen LogP contribution >= 0.6 is 12.2 Å². The van der Waals surface area contributed by atoms with E-state index in [-0.39, 0.29) is 0 Å². The summed E-state index contributed by atoms with van der Waals surface area (Å²) < 4.78 is 0. The molecule has 0 nitrogen and oxygen atoms in total. The van der Waals surface area contributed by atoms with Crippen LogP contribution in [-0.2, 0) is 6.42 Å². The van der Waals surface area contributed by atoms with Gasteiger partial charge in [0, 0.05) is 4.86 Å². The molecule has 0 fully saturated rings. The van der Waals surface area contributed by atoms with Gasteiger partial charge in [-0.3, -0.25) is 0 Å². The van der Waals surface area contributed by atoms with Crippen molar-refractivity contribution in [2.75, 3.05) is 0 Å². The summed E-state index contributed by atoms with van der Waals surface area (Å²) in [6.45, 7) is 6.49. The van der Waals surface area contributed by atoms with Crippen LogP contribution in [0.1, 0.15) is 38.3 Å². The number of thiocarbonyl (C=S) groups is 1. The van der Waals surface area contributed by atoms with Crippen molar-refractivity contribution >= 4 is 17.1 Å². The van der Waals surface area contributed by atoms with E-state index in [0.717, 1.165) is 10.8 Å². The summed E-state index contributed by atoms with van der Waals surface area (Å²) in [4.78, 5) is 0.973. The van der Waals surface area contributed by atoms with Gasteiger partial charge in [0.1, 0.15) is 0 Å². The summed E-state index contributed by atoms with van der Waals surface area (Å²) in [5, 5.41) is 0. The molecule has 0 atom stereocenters. The topological polar surface area (TPSA) is 0 Å². The molecule has 0 aliphatic carbocycles. The van der Waals surface area contributed by atoms with Crippen molar-refractivity contribution < 1.29 is 0 Å². The molecule has 0 aromatic heterocycles. The van der Waals surface area contributed by atoms with Crippen molar-refractivity contribution in [1.82, 2.24) is 0 Å². The molecule has 1 aromatic rings. The van der Waals surface area contributed by atoms with Crippen molar-refractivity contribution in [1.29, 1.82) is 0 Å². The van der Waals surface area contributed by atoms with Crippen LogP contribution in [0.5, 0.6) is 0 Å². The predicted octanol–water partition coefficient (Wildman–Crippen LogP) is 4.01. The Kier molecular flexibility index (Phi) is 4.27. The Morgan fingerprint density at radius 1 is 1.21 bits per heavy atom. The number of hydrogen-bond donors (Lipinski definition) is 0. The van der Waals surface area contributed by atoms with Crippen LogP contribution < -0.4 is 0 Å². The van der Waals surface area contributed by atoms with Gasteiger partial charge in [0.2, 0.25) is 0 Å². The van der Waals surface area contributed by atoms with Gasteiger partial charge in [0.05, 0.1) is 0 Å². The van der Waals surface area contributed by atoms with Crippen LogP contribution in [0.4, 0.5) is 0 Å². The number of aryl methyl sites for hydroxylation is 1. The second kappa shape index (κ2) is 5.26. The maximum atomic E-state index is 5.11. The molecule has 0 aliphatic rings. The van der Waals surface area contributed by atoms with Crippen molar-refractivity contribution in [2.45, 2.75) is 33.6 Å². The highest BCUT2D eigenvalue weighted by atomic mass is 32.1. The number of benzene rings is 1. The molecular weight excluding hydrogens is 188 g/mol. The van der Waals surface area contributed by atoms with E-state index in [1.807, 2.05) is 6.92 Å². The minimum atomic E-state index is 0.780. The molecule has 0 saturated carbocycles. The highest BCUT2D eigenvalue weighted by Crippen LogP contribution is 2.11. The SMILES string of the molecule is CC(=S)c1ccc(CCC(C)C)cc1. The fourth-order valence-corrected chi connectivity index (χ4v) is 1.50. The van der Waals surface area contributed by atoms with Crippen molar-refractivity contribution in [3.05, 3.63) is 35.4 Å². The molecular formula is C13H18S. The van der Waals surface area contributed by atoms with Gasteiger partial charge in [-0.1, -0.05) is 50.3 Å². The molecule has 0 heterocycles. The predicted molar refractivity (Wildman–Crippen MR) is 67.0 cm³/mol. The molecule has 0 N–H and O–H groups in total. The minimum absolute atomic E-state index is 0.780. The summed E-state index contributed by atoms with van der Waals surface area (Å²) >= 11 is 5.11. The second-order valence-electron chi connectivity index (χ2n) is 4.19. The van der Waals surface area contributed by atoms with Gasteiger partial charge in [-0.2, -0.15) is 0 Å². The van der Waals surface area contributed by atoms with E-state index in [1.54, 1.807) is 0 Å². The standard InChI is InChI=1S/C13H18S/c1-10(2)4-5-12-6-8-13(9-7-12)11(3)14/h6-10H,4-5H2,1-3H3. The van der Waals surface area contributed by atoms with Gasteiger partial charge in [-0.25, -0.2) is 0 Å². The second-order valence-corrected chi connectivity index (χ2v) is 4.80. The van der Waals surface area contributed by atoms with E-state index < -0.39 is 0 Å². The van der Waals surface area contributed by atoms with Gasteiger partial charge in [0.25, 0.3) is 0 Å². The average Bonchev–Trinajstić information content (AvgIpc) is 2.15. The number of hydrogen-bond acceptors (Lipinski definition) is 1. The van der Waals surface area contributed by atoms with Crippen LogP contribution in [0.25, 0.3) is 0 Å². The zero-order valence-electron chi connectivity index (χ0n) is 9.21. The van der Waals surface area contributed by atoms with Gasteiger partial charge in [0.15, 0.2) is 0 Å². The largest absolute Gasteiger partial charge is 0.0846 e. The third-order valence-corrected chi connectivity index (χ3v) is 2.61. The normalized spacial score (nSPS) is 10.6. The zero-order valence-corrected chi connectivity index (χ0v) is 10.0. The van der Waals surface area contributed by atoms with Crippen LogP contribution in [0, 0.1) is 5.92 Å². The van der Waals surface area contributed by atoms with E-state index in [0.29, 0.717) is 0 Å². The fraction of sp³-hybridized carbons (Fsp3) is 0.462. The Balaban J connectivity index is 2.60. The first-order valence-corrected chi connectivity index (χ1v) is 5.60. The molecule has 0 amide bonds. The Labute approximate surface area is 92.3 Å². The third kappa shape index (κ3) is 3.59. The lowest BCUT2D eigenvalue weighted by atomic mass is 10.0. The summed E-state index contributed by atoms with van der Waals surface area (Å²) in [5.41, 5.74) is 2.59. The summed E-state index contributed by atoms with van der Waals surface area (Å²) in [6, 6.07) is 8.62. The summed E-state index contributed by atoms with van der Waals surface area (Å²) in [5.74, 6) is 0.780.